The number of thiol groups is 1. The standard InChI is InChI=1S/C17H24N6O9S/c18-8(1-7-4-19-6-20-7)14(28)21-9(2-12(24)25)15(29)23-11(5-33)16(30)22-10(17(31)32)3-13(26)27/h4,6,8-11,33H,1-3,5,18H2,(H,19,20)(H,21,28)(H,22,30)(H,23,29)(H,24,25)(H,26,27)(H,31,32). The fourth-order valence-electron chi connectivity index (χ4n) is 2.50. The van der Waals surface area contributed by atoms with Gasteiger partial charge in [-0.25, -0.2) is 9.78 Å². The van der Waals surface area contributed by atoms with Crippen LogP contribution in [0.15, 0.2) is 12.5 Å². The highest BCUT2D eigenvalue weighted by Crippen LogP contribution is 2.02. The van der Waals surface area contributed by atoms with Gasteiger partial charge in [-0.15, -0.1) is 0 Å². The van der Waals surface area contributed by atoms with Crippen molar-refractivity contribution in [2.45, 2.75) is 43.4 Å². The van der Waals surface area contributed by atoms with Gasteiger partial charge in [0.05, 0.1) is 25.2 Å². The lowest BCUT2D eigenvalue weighted by atomic mass is 10.1. The Balaban J connectivity index is 2.84. The summed E-state index contributed by atoms with van der Waals surface area (Å²) in [6, 6.07) is -5.99. The Morgan fingerprint density at radius 3 is 1.91 bits per heavy atom. The average Bonchev–Trinajstić information content (AvgIpc) is 3.22. The van der Waals surface area contributed by atoms with Crippen LogP contribution in [0.5, 0.6) is 0 Å². The minimum Gasteiger partial charge on any atom is -0.481 e. The molecule has 0 aliphatic carbocycles. The summed E-state index contributed by atoms with van der Waals surface area (Å²) in [7, 11) is 0. The lowest BCUT2D eigenvalue weighted by molar-refractivity contribution is -0.147. The van der Waals surface area contributed by atoms with Crippen LogP contribution in [0.25, 0.3) is 0 Å². The minimum absolute atomic E-state index is 0.0229. The van der Waals surface area contributed by atoms with Crippen LogP contribution in [0.4, 0.5) is 0 Å². The molecule has 1 rings (SSSR count). The molecule has 0 saturated heterocycles. The van der Waals surface area contributed by atoms with Crippen LogP contribution in [0, 0.1) is 0 Å². The predicted octanol–water partition coefficient (Wildman–Crippen LogP) is -3.30. The second-order valence-corrected chi connectivity index (χ2v) is 7.15. The van der Waals surface area contributed by atoms with Crippen LogP contribution < -0.4 is 21.7 Å². The molecule has 4 unspecified atom stereocenters. The number of imidazole rings is 1. The fraction of sp³-hybridized carbons (Fsp3) is 0.471. The quantitative estimate of drug-likeness (QED) is 0.117. The van der Waals surface area contributed by atoms with Gasteiger partial charge in [-0.2, -0.15) is 12.6 Å². The second-order valence-electron chi connectivity index (χ2n) is 6.79. The van der Waals surface area contributed by atoms with Crippen molar-refractivity contribution in [1.82, 2.24) is 25.9 Å². The van der Waals surface area contributed by atoms with Crippen molar-refractivity contribution in [3.05, 3.63) is 18.2 Å². The summed E-state index contributed by atoms with van der Waals surface area (Å²) >= 11 is 3.89. The number of nitrogens with zero attached hydrogens (tertiary/aromatic N) is 1. The molecule has 1 heterocycles. The van der Waals surface area contributed by atoms with Crippen molar-refractivity contribution in [2.75, 3.05) is 5.75 Å². The number of rotatable bonds is 14. The lowest BCUT2D eigenvalue weighted by Gasteiger charge is -2.23. The van der Waals surface area contributed by atoms with Gasteiger partial charge in [0.25, 0.3) is 0 Å². The van der Waals surface area contributed by atoms with Gasteiger partial charge in [-0.05, 0) is 0 Å². The number of nitrogens with one attached hydrogen (secondary N) is 4. The fourth-order valence-corrected chi connectivity index (χ4v) is 2.76. The van der Waals surface area contributed by atoms with Crippen LogP contribution in [-0.2, 0) is 35.2 Å². The third kappa shape index (κ3) is 9.56. The largest absolute Gasteiger partial charge is 0.481 e. The molecule has 3 amide bonds. The van der Waals surface area contributed by atoms with E-state index in [2.05, 4.69) is 33.2 Å². The molecule has 33 heavy (non-hydrogen) atoms. The topological polar surface area (TPSA) is 254 Å². The summed E-state index contributed by atoms with van der Waals surface area (Å²) in [5.74, 6) is -7.85. The SMILES string of the molecule is NC(Cc1cnc[nH]1)C(=O)NC(CC(=O)O)C(=O)NC(CS)C(=O)NC(CC(=O)O)C(=O)O. The van der Waals surface area contributed by atoms with E-state index in [1.54, 1.807) is 0 Å². The molecular weight excluding hydrogens is 464 g/mol. The molecule has 0 saturated carbocycles. The summed E-state index contributed by atoms with van der Waals surface area (Å²) in [5.41, 5.74) is 6.29. The Kier molecular flexibility index (Phi) is 10.8. The molecule has 0 aromatic carbocycles. The third-order valence-corrected chi connectivity index (χ3v) is 4.52. The van der Waals surface area contributed by atoms with Crippen molar-refractivity contribution < 1.29 is 44.1 Å². The number of carbonyl (C=O) groups is 6. The number of aromatic amines is 1. The molecule has 9 N–H and O–H groups in total. The van der Waals surface area contributed by atoms with Gasteiger partial charge in [0.2, 0.25) is 17.7 Å². The zero-order valence-electron chi connectivity index (χ0n) is 17.1. The number of carbonyl (C=O) groups excluding carboxylic acids is 3. The van der Waals surface area contributed by atoms with Crippen molar-refractivity contribution in [3.63, 3.8) is 0 Å². The molecule has 0 aliphatic heterocycles. The van der Waals surface area contributed by atoms with E-state index in [1.807, 2.05) is 5.32 Å². The van der Waals surface area contributed by atoms with Crippen LogP contribution in [0.1, 0.15) is 18.5 Å². The Morgan fingerprint density at radius 1 is 0.909 bits per heavy atom. The van der Waals surface area contributed by atoms with E-state index < -0.39 is 72.6 Å². The molecule has 182 valence electrons. The van der Waals surface area contributed by atoms with Crippen LogP contribution in [0.2, 0.25) is 0 Å². The number of hydrogen-bond acceptors (Lipinski definition) is 9. The van der Waals surface area contributed by atoms with E-state index in [9.17, 15) is 28.8 Å². The average molecular weight is 488 g/mol. The first-order chi connectivity index (χ1) is 15.4. The van der Waals surface area contributed by atoms with E-state index in [4.69, 9.17) is 21.1 Å². The first-order valence-electron chi connectivity index (χ1n) is 9.35. The number of nitrogens with two attached hydrogens (primary N) is 1. The summed E-state index contributed by atoms with van der Waals surface area (Å²) in [5, 5.41) is 33.1. The molecule has 1 aromatic heterocycles. The van der Waals surface area contributed by atoms with Crippen molar-refractivity contribution in [2.24, 2.45) is 5.73 Å². The highest BCUT2D eigenvalue weighted by atomic mass is 32.1. The summed E-state index contributed by atoms with van der Waals surface area (Å²) < 4.78 is 0. The van der Waals surface area contributed by atoms with Gasteiger partial charge < -0.3 is 42.0 Å². The maximum absolute atomic E-state index is 12.6. The highest BCUT2D eigenvalue weighted by molar-refractivity contribution is 7.80. The number of carboxylic acid groups (broad SMARTS) is 3. The van der Waals surface area contributed by atoms with E-state index in [0.29, 0.717) is 5.69 Å². The number of hydrogen-bond donors (Lipinski definition) is 9. The van der Waals surface area contributed by atoms with Crippen molar-refractivity contribution in [3.8, 4) is 0 Å². The van der Waals surface area contributed by atoms with Crippen molar-refractivity contribution >= 4 is 48.3 Å². The number of aliphatic carboxylic acids is 3. The predicted molar refractivity (Wildman–Crippen MR) is 112 cm³/mol. The summed E-state index contributed by atoms with van der Waals surface area (Å²) in [6.07, 6.45) is 1.06. The van der Waals surface area contributed by atoms with Gasteiger partial charge in [0.15, 0.2) is 0 Å². The van der Waals surface area contributed by atoms with E-state index in [0.717, 1.165) is 0 Å². The van der Waals surface area contributed by atoms with Gasteiger partial charge in [0.1, 0.15) is 18.1 Å². The molecule has 16 heteroatoms. The van der Waals surface area contributed by atoms with Gasteiger partial charge in [-0.1, -0.05) is 0 Å². The second kappa shape index (κ2) is 13.0. The number of aromatic nitrogens is 2. The third-order valence-electron chi connectivity index (χ3n) is 4.15. The number of amides is 3. The van der Waals surface area contributed by atoms with E-state index in [1.165, 1.54) is 12.5 Å². The normalized spacial score (nSPS) is 14.2. The van der Waals surface area contributed by atoms with Gasteiger partial charge in [-0.3, -0.25) is 24.0 Å². The number of H-pyrrole nitrogens is 1. The molecule has 4 atom stereocenters. The maximum atomic E-state index is 12.6. The molecule has 1 aromatic rings. The van der Waals surface area contributed by atoms with Crippen LogP contribution in [0.3, 0.4) is 0 Å². The zero-order chi connectivity index (χ0) is 25.1. The first kappa shape index (κ1) is 27.4. The molecule has 0 bridgehead atoms. The zero-order valence-corrected chi connectivity index (χ0v) is 17.9. The molecule has 15 nitrogen and oxygen atoms in total. The molecular formula is C17H24N6O9S. The van der Waals surface area contributed by atoms with Crippen LogP contribution in [-0.4, -0.2) is 90.8 Å². The van der Waals surface area contributed by atoms with E-state index >= 15 is 0 Å². The molecule has 0 aliphatic rings. The minimum atomic E-state index is -1.77. The lowest BCUT2D eigenvalue weighted by Crippen LogP contribution is -2.58. The van der Waals surface area contributed by atoms with Crippen LogP contribution >= 0.6 is 12.6 Å². The van der Waals surface area contributed by atoms with Crippen molar-refractivity contribution in [1.29, 1.82) is 0 Å². The van der Waals surface area contributed by atoms with E-state index in [-0.39, 0.29) is 12.2 Å². The Labute approximate surface area is 191 Å². The van der Waals surface area contributed by atoms with Gasteiger partial charge in [0, 0.05) is 24.1 Å². The summed E-state index contributed by atoms with van der Waals surface area (Å²) in [4.78, 5) is 76.7. The molecule has 0 spiro atoms. The summed E-state index contributed by atoms with van der Waals surface area (Å²) in [6.45, 7) is 0. The molecule has 0 fully saturated rings. The maximum Gasteiger partial charge on any atom is 0.326 e. The smallest absolute Gasteiger partial charge is 0.326 e. The molecule has 0 radical (unpaired) electrons. The van der Waals surface area contributed by atoms with Gasteiger partial charge >= 0.3 is 17.9 Å². The number of carboxylic acids is 3. The Bertz CT molecular complexity index is 878. The first-order valence-corrected chi connectivity index (χ1v) is 9.99. The Hall–Kier alpha value is -3.66. The highest BCUT2D eigenvalue weighted by Gasteiger charge is 2.31. The monoisotopic (exact) mass is 488 g/mol. The Morgan fingerprint density at radius 2 is 1.42 bits per heavy atom.